The molecule has 1 saturated carbocycles. The molecule has 0 bridgehead atoms. The lowest BCUT2D eigenvalue weighted by Crippen LogP contribution is -2.27. The van der Waals surface area contributed by atoms with Gasteiger partial charge in [0.2, 0.25) is 5.91 Å². The Morgan fingerprint density at radius 2 is 2.15 bits per heavy atom. The number of hydrogen-bond donors (Lipinski definition) is 3. The molecule has 1 atom stereocenters. The Kier molecular flexibility index (Phi) is 4.62. The van der Waals surface area contributed by atoms with E-state index in [-0.39, 0.29) is 30.3 Å². The Labute approximate surface area is 122 Å². The summed E-state index contributed by atoms with van der Waals surface area (Å²) in [7, 11) is 0. The molecule has 0 spiro atoms. The summed E-state index contributed by atoms with van der Waals surface area (Å²) in [5.41, 5.74) is 6.36. The van der Waals surface area contributed by atoms with E-state index in [1.807, 2.05) is 0 Å². The number of carbonyl (C=O) groups is 2. The van der Waals surface area contributed by atoms with Crippen LogP contribution < -0.4 is 16.4 Å². The van der Waals surface area contributed by atoms with E-state index in [4.69, 9.17) is 17.3 Å². The van der Waals surface area contributed by atoms with Gasteiger partial charge in [0.25, 0.3) is 5.91 Å². The lowest BCUT2D eigenvalue weighted by molar-refractivity contribution is -0.119. The molecule has 0 aromatic heterocycles. The molecule has 5 nitrogen and oxygen atoms in total. The first kappa shape index (κ1) is 14.8. The first-order chi connectivity index (χ1) is 9.51. The monoisotopic (exact) mass is 295 g/mol. The second kappa shape index (κ2) is 6.24. The van der Waals surface area contributed by atoms with Crippen LogP contribution in [-0.2, 0) is 4.79 Å². The molecule has 1 aromatic rings. The molecule has 2 amide bonds. The molecule has 1 aliphatic rings. The van der Waals surface area contributed by atoms with Crippen LogP contribution in [0.1, 0.15) is 30.1 Å². The third-order valence-electron chi connectivity index (χ3n) is 3.19. The van der Waals surface area contributed by atoms with Crippen LogP contribution in [0.25, 0.3) is 0 Å². The summed E-state index contributed by atoms with van der Waals surface area (Å²) in [6.45, 7) is 2.01. The Morgan fingerprint density at radius 1 is 1.45 bits per heavy atom. The molecule has 0 aliphatic heterocycles. The van der Waals surface area contributed by atoms with Gasteiger partial charge in [-0.15, -0.1) is 0 Å². The average Bonchev–Trinajstić information content (AvgIpc) is 3.23. The van der Waals surface area contributed by atoms with Crippen molar-refractivity contribution in [3.05, 3.63) is 28.8 Å². The van der Waals surface area contributed by atoms with E-state index in [2.05, 4.69) is 10.6 Å². The number of amides is 2. The number of benzene rings is 1. The van der Waals surface area contributed by atoms with E-state index in [9.17, 15) is 9.59 Å². The van der Waals surface area contributed by atoms with Crippen LogP contribution in [0.4, 0.5) is 5.69 Å². The van der Waals surface area contributed by atoms with Gasteiger partial charge in [-0.05, 0) is 31.0 Å². The number of nitrogens with one attached hydrogen (secondary N) is 2. The number of anilines is 1. The van der Waals surface area contributed by atoms with Gasteiger partial charge in [-0.3, -0.25) is 9.59 Å². The van der Waals surface area contributed by atoms with Gasteiger partial charge in [-0.25, -0.2) is 0 Å². The molecule has 1 unspecified atom stereocenters. The van der Waals surface area contributed by atoms with Gasteiger partial charge in [0, 0.05) is 24.2 Å². The zero-order chi connectivity index (χ0) is 14.7. The summed E-state index contributed by atoms with van der Waals surface area (Å²) in [4.78, 5) is 23.8. The van der Waals surface area contributed by atoms with E-state index in [1.54, 1.807) is 25.1 Å². The van der Waals surface area contributed by atoms with Gasteiger partial charge in [0.1, 0.15) is 0 Å². The molecule has 2 rings (SSSR count). The van der Waals surface area contributed by atoms with E-state index < -0.39 is 0 Å². The van der Waals surface area contributed by atoms with Gasteiger partial charge in [-0.2, -0.15) is 0 Å². The van der Waals surface area contributed by atoms with Gasteiger partial charge >= 0.3 is 0 Å². The summed E-state index contributed by atoms with van der Waals surface area (Å²) >= 11 is 6.03. The highest BCUT2D eigenvalue weighted by Crippen LogP contribution is 2.24. The van der Waals surface area contributed by atoms with E-state index in [1.165, 1.54) is 0 Å². The SMILES string of the molecule is CC(CN)C(=O)Nc1ccc(Cl)c(C(=O)NC2CC2)c1. The largest absolute Gasteiger partial charge is 0.349 e. The molecule has 1 fully saturated rings. The fraction of sp³-hybridized carbons (Fsp3) is 0.429. The highest BCUT2D eigenvalue weighted by molar-refractivity contribution is 6.34. The lowest BCUT2D eigenvalue weighted by Gasteiger charge is -2.12. The maximum Gasteiger partial charge on any atom is 0.253 e. The smallest absolute Gasteiger partial charge is 0.253 e. The van der Waals surface area contributed by atoms with Crippen molar-refractivity contribution in [2.75, 3.05) is 11.9 Å². The topological polar surface area (TPSA) is 84.2 Å². The van der Waals surface area contributed by atoms with Crippen molar-refractivity contribution < 1.29 is 9.59 Å². The van der Waals surface area contributed by atoms with Crippen LogP contribution >= 0.6 is 11.6 Å². The summed E-state index contributed by atoms with van der Waals surface area (Å²) in [6.07, 6.45) is 2.02. The third-order valence-corrected chi connectivity index (χ3v) is 3.52. The van der Waals surface area contributed by atoms with Crippen molar-refractivity contribution in [1.82, 2.24) is 5.32 Å². The molecule has 20 heavy (non-hydrogen) atoms. The highest BCUT2D eigenvalue weighted by Gasteiger charge is 2.25. The summed E-state index contributed by atoms with van der Waals surface area (Å²) in [6, 6.07) is 5.11. The molecule has 0 heterocycles. The fourth-order valence-electron chi connectivity index (χ4n) is 1.64. The normalized spacial score (nSPS) is 15.6. The number of nitrogens with two attached hydrogens (primary N) is 1. The van der Waals surface area contributed by atoms with Crippen LogP contribution in [0.2, 0.25) is 5.02 Å². The summed E-state index contributed by atoms with van der Waals surface area (Å²) in [5.74, 6) is -0.668. The lowest BCUT2D eigenvalue weighted by atomic mass is 10.1. The average molecular weight is 296 g/mol. The Bertz CT molecular complexity index is 529. The number of halogens is 1. The molecule has 1 aromatic carbocycles. The quantitative estimate of drug-likeness (QED) is 0.774. The number of hydrogen-bond acceptors (Lipinski definition) is 3. The van der Waals surface area contributed by atoms with Crippen molar-refractivity contribution in [2.24, 2.45) is 11.7 Å². The van der Waals surface area contributed by atoms with Gasteiger partial charge in [0.15, 0.2) is 0 Å². The van der Waals surface area contributed by atoms with Crippen molar-refractivity contribution in [3.63, 3.8) is 0 Å². The molecule has 4 N–H and O–H groups in total. The first-order valence-corrected chi connectivity index (χ1v) is 7.00. The summed E-state index contributed by atoms with van der Waals surface area (Å²) in [5, 5.41) is 5.96. The van der Waals surface area contributed by atoms with E-state index in [0.717, 1.165) is 12.8 Å². The van der Waals surface area contributed by atoms with Crippen LogP contribution in [0.5, 0.6) is 0 Å². The second-order valence-corrected chi connectivity index (χ2v) is 5.48. The van der Waals surface area contributed by atoms with Crippen molar-refractivity contribution in [3.8, 4) is 0 Å². The molecule has 1 aliphatic carbocycles. The second-order valence-electron chi connectivity index (χ2n) is 5.07. The number of rotatable bonds is 5. The minimum atomic E-state index is -0.283. The molecule has 0 saturated heterocycles. The van der Waals surface area contributed by atoms with Crippen LogP contribution in [0.15, 0.2) is 18.2 Å². The molecule has 108 valence electrons. The highest BCUT2D eigenvalue weighted by atomic mass is 35.5. The van der Waals surface area contributed by atoms with Crippen molar-refractivity contribution in [2.45, 2.75) is 25.8 Å². The third kappa shape index (κ3) is 3.71. The minimum Gasteiger partial charge on any atom is -0.349 e. The molecular formula is C14H18ClN3O2. The minimum absolute atomic E-state index is 0.177. The first-order valence-electron chi connectivity index (χ1n) is 6.62. The maximum atomic E-state index is 12.0. The molecule has 0 radical (unpaired) electrons. The Morgan fingerprint density at radius 3 is 2.75 bits per heavy atom. The van der Waals surface area contributed by atoms with Gasteiger partial charge < -0.3 is 16.4 Å². The number of carbonyl (C=O) groups excluding carboxylic acids is 2. The van der Waals surface area contributed by atoms with Gasteiger partial charge in [-0.1, -0.05) is 18.5 Å². The Balaban J connectivity index is 2.11. The zero-order valence-corrected chi connectivity index (χ0v) is 12.0. The van der Waals surface area contributed by atoms with E-state index >= 15 is 0 Å². The molecular weight excluding hydrogens is 278 g/mol. The standard InChI is InChI=1S/C14H18ClN3O2/c1-8(7-16)13(19)18-10-4-5-12(15)11(6-10)14(20)17-9-2-3-9/h4-6,8-9H,2-3,7,16H2,1H3,(H,17,20)(H,18,19). The van der Waals surface area contributed by atoms with Crippen LogP contribution in [0, 0.1) is 5.92 Å². The molecule has 6 heteroatoms. The van der Waals surface area contributed by atoms with Gasteiger partial charge in [0.05, 0.1) is 10.6 Å². The maximum absolute atomic E-state index is 12.0. The predicted octanol–water partition coefficient (Wildman–Crippen LogP) is 1.77. The Hall–Kier alpha value is -1.59. The van der Waals surface area contributed by atoms with Crippen LogP contribution in [0.3, 0.4) is 0 Å². The zero-order valence-electron chi connectivity index (χ0n) is 11.3. The van der Waals surface area contributed by atoms with E-state index in [0.29, 0.717) is 16.3 Å². The van der Waals surface area contributed by atoms with Crippen molar-refractivity contribution in [1.29, 1.82) is 0 Å². The summed E-state index contributed by atoms with van der Waals surface area (Å²) < 4.78 is 0. The van der Waals surface area contributed by atoms with Crippen LogP contribution in [-0.4, -0.2) is 24.4 Å². The predicted molar refractivity (Wildman–Crippen MR) is 78.8 cm³/mol. The fourth-order valence-corrected chi connectivity index (χ4v) is 1.84. The van der Waals surface area contributed by atoms with Crippen molar-refractivity contribution >= 4 is 29.1 Å².